The van der Waals surface area contributed by atoms with Crippen molar-refractivity contribution in [2.75, 3.05) is 13.1 Å². The van der Waals surface area contributed by atoms with E-state index in [0.29, 0.717) is 55.0 Å². The van der Waals surface area contributed by atoms with Crippen molar-refractivity contribution in [3.8, 4) is 11.5 Å². The normalized spacial score (nSPS) is 26.2. The van der Waals surface area contributed by atoms with Gasteiger partial charge in [-0.3, -0.25) is 4.79 Å². The van der Waals surface area contributed by atoms with Crippen LogP contribution in [0.4, 0.5) is 0 Å². The summed E-state index contributed by atoms with van der Waals surface area (Å²) in [4.78, 5) is 14.6. The molecule has 1 saturated heterocycles. The summed E-state index contributed by atoms with van der Waals surface area (Å²) in [6, 6.07) is 14.3. The Balaban J connectivity index is 1.33. The number of hydrogen-bond acceptors (Lipinski definition) is 4. The number of likely N-dealkylation sites (tertiary alicyclic amines) is 1. The molecule has 1 aliphatic carbocycles. The van der Waals surface area contributed by atoms with Gasteiger partial charge in [0.1, 0.15) is 17.6 Å². The molecule has 0 radical (unpaired) electrons. The van der Waals surface area contributed by atoms with Crippen LogP contribution in [-0.2, 0) is 11.2 Å². The van der Waals surface area contributed by atoms with Crippen LogP contribution in [-0.4, -0.2) is 46.3 Å². The maximum atomic E-state index is 12.7. The van der Waals surface area contributed by atoms with E-state index in [4.69, 9.17) is 16.3 Å². The fraction of sp³-hybridized carbons (Fsp3) is 0.435. The molecular weight excluding hydrogens is 390 g/mol. The number of nitrogens with zero attached hydrogens (tertiary/aromatic N) is 1. The standard InChI is InChI=1S/C23H26ClNO4/c24-18-5-3-6-19(12-18)29-22-11-17-14-25(13-16(17)10-21(22)27)23(28)9-8-15-4-1-2-7-20(15)26/h1-7,12,16-17,21-22,26-27H,8-11,13-14H2/t16-,17+,21+,22+/m0/s1. The fourth-order valence-corrected chi connectivity index (χ4v) is 4.74. The van der Waals surface area contributed by atoms with Crippen LogP contribution < -0.4 is 4.74 Å². The van der Waals surface area contributed by atoms with E-state index in [1.165, 1.54) is 0 Å². The average molecular weight is 416 g/mol. The summed E-state index contributed by atoms with van der Waals surface area (Å²) >= 11 is 6.02. The number of carbonyl (C=O) groups excluding carboxylic acids is 1. The average Bonchev–Trinajstić information content (AvgIpc) is 3.10. The van der Waals surface area contributed by atoms with Crippen molar-refractivity contribution in [2.24, 2.45) is 11.8 Å². The van der Waals surface area contributed by atoms with Gasteiger partial charge in [0.2, 0.25) is 5.91 Å². The van der Waals surface area contributed by atoms with E-state index in [9.17, 15) is 15.0 Å². The van der Waals surface area contributed by atoms with Gasteiger partial charge in [-0.05, 0) is 60.9 Å². The maximum Gasteiger partial charge on any atom is 0.222 e. The van der Waals surface area contributed by atoms with Gasteiger partial charge in [-0.1, -0.05) is 35.9 Å². The van der Waals surface area contributed by atoms with Gasteiger partial charge in [0, 0.05) is 24.5 Å². The first kappa shape index (κ1) is 20.0. The number of aryl methyl sites for hydroxylation is 1. The van der Waals surface area contributed by atoms with Gasteiger partial charge < -0.3 is 19.8 Å². The number of para-hydroxylation sites is 1. The van der Waals surface area contributed by atoms with Gasteiger partial charge in [0.05, 0.1) is 6.10 Å². The predicted octanol–water partition coefficient (Wildman–Crippen LogP) is 3.66. The lowest BCUT2D eigenvalue weighted by Gasteiger charge is -2.35. The summed E-state index contributed by atoms with van der Waals surface area (Å²) in [5.41, 5.74) is 0.794. The lowest BCUT2D eigenvalue weighted by atomic mass is 9.78. The zero-order valence-corrected chi connectivity index (χ0v) is 17.0. The summed E-state index contributed by atoms with van der Waals surface area (Å²) in [6.07, 6.45) is 1.43. The molecule has 154 valence electrons. The molecule has 0 unspecified atom stereocenters. The van der Waals surface area contributed by atoms with Crippen LogP contribution in [0.15, 0.2) is 48.5 Å². The van der Waals surface area contributed by atoms with Crippen LogP contribution in [0.25, 0.3) is 0 Å². The van der Waals surface area contributed by atoms with Gasteiger partial charge in [0.15, 0.2) is 0 Å². The second-order valence-corrected chi connectivity index (χ2v) is 8.54. The molecule has 2 N–H and O–H groups in total. The van der Waals surface area contributed by atoms with Crippen LogP contribution in [0.1, 0.15) is 24.8 Å². The first-order valence-corrected chi connectivity index (χ1v) is 10.5. The number of phenolic OH excluding ortho intramolecular Hbond substituents is 1. The first-order chi connectivity index (χ1) is 14.0. The van der Waals surface area contributed by atoms with Crippen molar-refractivity contribution in [1.29, 1.82) is 0 Å². The minimum atomic E-state index is -0.549. The number of fused-ring (bicyclic) bond motifs is 1. The number of aliphatic hydroxyl groups excluding tert-OH is 1. The van der Waals surface area contributed by atoms with Crippen LogP contribution in [0.3, 0.4) is 0 Å². The Morgan fingerprint density at radius 2 is 1.86 bits per heavy atom. The highest BCUT2D eigenvalue weighted by Crippen LogP contribution is 2.38. The van der Waals surface area contributed by atoms with Crippen molar-refractivity contribution in [3.63, 3.8) is 0 Å². The van der Waals surface area contributed by atoms with Gasteiger partial charge >= 0.3 is 0 Å². The Bertz CT molecular complexity index is 873. The highest BCUT2D eigenvalue weighted by atomic mass is 35.5. The lowest BCUT2D eigenvalue weighted by molar-refractivity contribution is -0.130. The molecule has 2 aliphatic rings. The van der Waals surface area contributed by atoms with Gasteiger partial charge in [-0.15, -0.1) is 0 Å². The summed E-state index contributed by atoms with van der Waals surface area (Å²) in [5, 5.41) is 21.0. The number of halogens is 1. The highest BCUT2D eigenvalue weighted by molar-refractivity contribution is 6.30. The van der Waals surface area contributed by atoms with E-state index in [1.54, 1.807) is 24.3 Å². The van der Waals surface area contributed by atoms with E-state index < -0.39 is 6.10 Å². The molecule has 1 heterocycles. The van der Waals surface area contributed by atoms with Crippen molar-refractivity contribution in [3.05, 3.63) is 59.1 Å². The lowest BCUT2D eigenvalue weighted by Crippen LogP contribution is -2.42. The molecule has 0 spiro atoms. The number of amides is 1. The van der Waals surface area contributed by atoms with Crippen LogP contribution in [0.2, 0.25) is 5.02 Å². The molecule has 5 nitrogen and oxygen atoms in total. The number of carbonyl (C=O) groups is 1. The summed E-state index contributed by atoms with van der Waals surface area (Å²) < 4.78 is 6.01. The minimum Gasteiger partial charge on any atom is -0.508 e. The molecule has 0 aromatic heterocycles. The number of ether oxygens (including phenoxy) is 1. The Hall–Kier alpha value is -2.24. The molecule has 4 rings (SSSR count). The molecule has 29 heavy (non-hydrogen) atoms. The zero-order valence-electron chi connectivity index (χ0n) is 16.2. The Kier molecular flexibility index (Phi) is 5.97. The summed E-state index contributed by atoms with van der Waals surface area (Å²) in [5.74, 6) is 1.63. The van der Waals surface area contributed by atoms with Crippen LogP contribution >= 0.6 is 11.6 Å². The third-order valence-corrected chi connectivity index (χ3v) is 6.36. The van der Waals surface area contributed by atoms with E-state index in [1.807, 2.05) is 29.2 Å². The number of hydrogen-bond donors (Lipinski definition) is 2. The van der Waals surface area contributed by atoms with Crippen molar-refractivity contribution in [1.82, 2.24) is 4.90 Å². The molecule has 1 aliphatic heterocycles. The molecule has 6 heteroatoms. The second-order valence-electron chi connectivity index (χ2n) is 8.10. The van der Waals surface area contributed by atoms with Crippen molar-refractivity contribution in [2.45, 2.75) is 37.9 Å². The van der Waals surface area contributed by atoms with E-state index >= 15 is 0 Å². The zero-order chi connectivity index (χ0) is 20.4. The molecule has 4 atom stereocenters. The van der Waals surface area contributed by atoms with E-state index in [2.05, 4.69) is 0 Å². The number of benzene rings is 2. The molecule has 1 amide bonds. The van der Waals surface area contributed by atoms with Gasteiger partial charge in [-0.25, -0.2) is 0 Å². The molecule has 2 fully saturated rings. The summed E-state index contributed by atoms with van der Waals surface area (Å²) in [7, 11) is 0. The monoisotopic (exact) mass is 415 g/mol. The first-order valence-electron chi connectivity index (χ1n) is 10.1. The van der Waals surface area contributed by atoms with Crippen LogP contribution in [0, 0.1) is 11.8 Å². The van der Waals surface area contributed by atoms with E-state index in [-0.39, 0.29) is 17.8 Å². The third-order valence-electron chi connectivity index (χ3n) is 6.12. The quantitative estimate of drug-likeness (QED) is 0.781. The van der Waals surface area contributed by atoms with Gasteiger partial charge in [-0.2, -0.15) is 0 Å². The predicted molar refractivity (Wildman–Crippen MR) is 111 cm³/mol. The largest absolute Gasteiger partial charge is 0.508 e. The fourth-order valence-electron chi connectivity index (χ4n) is 4.56. The third kappa shape index (κ3) is 4.68. The number of aromatic hydroxyl groups is 1. The smallest absolute Gasteiger partial charge is 0.222 e. The SMILES string of the molecule is O=C(CCc1ccccc1O)N1C[C@H]2C[C@@H](Oc3cccc(Cl)c3)[C@H](O)C[C@H]2C1. The molecule has 2 aromatic rings. The second kappa shape index (κ2) is 8.64. The van der Waals surface area contributed by atoms with Gasteiger partial charge in [0.25, 0.3) is 0 Å². The van der Waals surface area contributed by atoms with Crippen LogP contribution in [0.5, 0.6) is 11.5 Å². The number of aliphatic hydroxyl groups is 1. The topological polar surface area (TPSA) is 70.0 Å². The molecule has 1 saturated carbocycles. The molecule has 0 bridgehead atoms. The Morgan fingerprint density at radius 3 is 2.62 bits per heavy atom. The Morgan fingerprint density at radius 1 is 1.10 bits per heavy atom. The molecule has 2 aromatic carbocycles. The minimum absolute atomic E-state index is 0.101. The van der Waals surface area contributed by atoms with Crippen molar-refractivity contribution >= 4 is 17.5 Å². The number of phenols is 1. The maximum absolute atomic E-state index is 12.7. The summed E-state index contributed by atoms with van der Waals surface area (Å²) in [6.45, 7) is 1.39. The van der Waals surface area contributed by atoms with E-state index in [0.717, 1.165) is 12.0 Å². The highest BCUT2D eigenvalue weighted by Gasteiger charge is 2.43. The van der Waals surface area contributed by atoms with Crippen molar-refractivity contribution < 1.29 is 19.7 Å². The number of rotatable bonds is 5. The molecular formula is C23H26ClNO4. The Labute approximate surface area is 175 Å².